The molecule has 1 N–H and O–H groups in total. The van der Waals surface area contributed by atoms with Gasteiger partial charge < -0.3 is 9.47 Å². The van der Waals surface area contributed by atoms with Crippen LogP contribution < -0.4 is 14.2 Å². The molecule has 0 aliphatic rings. The molecule has 0 aliphatic carbocycles. The van der Waals surface area contributed by atoms with Gasteiger partial charge in [-0.25, -0.2) is 26.9 Å². The molecular formula is C18H19ClF2N2O5S. The van der Waals surface area contributed by atoms with Gasteiger partial charge in [0.05, 0.1) is 18.0 Å². The van der Waals surface area contributed by atoms with E-state index < -0.39 is 82.4 Å². The largest absolute Gasteiger partial charge is 0.487 e. The molecule has 2 aromatic rings. The van der Waals surface area contributed by atoms with Crippen LogP contribution in [-0.2, 0) is 16.6 Å². The van der Waals surface area contributed by atoms with Crippen molar-refractivity contribution in [2.45, 2.75) is 32.8 Å². The molecular weight excluding hydrogens is 430 g/mol. The number of nitrogens with one attached hydrogen (secondary N) is 1. The van der Waals surface area contributed by atoms with E-state index >= 15 is 0 Å². The quantitative estimate of drug-likeness (QED) is 0.713. The number of carbonyl (C=O) groups excluding carboxylic acids is 1. The number of nitrogens with zero attached hydrogens (tertiary/aromatic N) is 1. The van der Waals surface area contributed by atoms with Crippen LogP contribution in [0.15, 0.2) is 24.4 Å². The monoisotopic (exact) mass is 457 g/mol. The Labute approximate surface area is 184 Å². The summed E-state index contributed by atoms with van der Waals surface area (Å²) in [7, 11) is -4.04. The van der Waals surface area contributed by atoms with E-state index in [9.17, 15) is 22.0 Å². The summed E-state index contributed by atoms with van der Waals surface area (Å²) in [5.41, 5.74) is -5.00. The summed E-state index contributed by atoms with van der Waals surface area (Å²) >= 11 is 5.99. The molecule has 0 aliphatic heterocycles. The summed E-state index contributed by atoms with van der Waals surface area (Å²) < 4.78 is 131. The Bertz CT molecular complexity index is 1300. The van der Waals surface area contributed by atoms with E-state index in [-0.39, 0.29) is 5.75 Å². The van der Waals surface area contributed by atoms with Crippen molar-refractivity contribution < 1.29 is 43.8 Å². The standard InChI is InChI=1S/C18H19ClF2N2O5S/c1-18(2,3)28-17-13(19)6-11(8-22-17)27-9-10-5-15(21)12(7-14(10)20)16(24)23-29(4,25)26/h5-8H,9H2,1-4H3,(H,23,24)/i1D3,2D3,3D3. The van der Waals surface area contributed by atoms with E-state index in [1.165, 1.54) is 4.72 Å². The second-order valence-electron chi connectivity index (χ2n) is 5.66. The van der Waals surface area contributed by atoms with Gasteiger partial charge in [-0.2, -0.15) is 0 Å². The molecule has 7 nitrogen and oxygen atoms in total. The second kappa shape index (κ2) is 8.50. The Hall–Kier alpha value is -2.46. The van der Waals surface area contributed by atoms with Gasteiger partial charge in [-0.3, -0.25) is 4.79 Å². The molecule has 0 saturated carbocycles. The summed E-state index contributed by atoms with van der Waals surface area (Å²) in [6.45, 7) is -11.7. The molecule has 2 rings (SSSR count). The molecule has 11 heteroatoms. The molecule has 0 fully saturated rings. The zero-order valence-electron chi connectivity index (χ0n) is 23.5. The van der Waals surface area contributed by atoms with Gasteiger partial charge >= 0.3 is 0 Å². The van der Waals surface area contributed by atoms with E-state index in [4.69, 9.17) is 33.4 Å². The highest BCUT2D eigenvalue weighted by molar-refractivity contribution is 7.89. The van der Waals surface area contributed by atoms with Gasteiger partial charge in [0.15, 0.2) is 0 Å². The second-order valence-corrected chi connectivity index (χ2v) is 7.81. The number of hydrogen-bond acceptors (Lipinski definition) is 6. The fourth-order valence-electron chi connectivity index (χ4n) is 1.96. The van der Waals surface area contributed by atoms with Crippen molar-refractivity contribution in [3.63, 3.8) is 0 Å². The Morgan fingerprint density at radius 1 is 1.28 bits per heavy atom. The number of amides is 1. The Balaban J connectivity index is 2.32. The minimum atomic E-state index is -4.04. The summed E-state index contributed by atoms with van der Waals surface area (Å²) in [4.78, 5) is 15.4. The lowest BCUT2D eigenvalue weighted by Gasteiger charge is -2.21. The maximum absolute atomic E-state index is 14.4. The SMILES string of the molecule is [2H]C([2H])([2H])C(Oc1ncc(OCc2cc(F)c(C(=O)NS(C)(=O)=O)cc2F)cc1Cl)(C([2H])([2H])[2H])C([2H])([2H])[2H]. The van der Waals surface area contributed by atoms with Crippen LogP contribution in [0.5, 0.6) is 11.6 Å². The van der Waals surface area contributed by atoms with Crippen LogP contribution in [0.1, 0.15) is 48.8 Å². The smallest absolute Gasteiger partial charge is 0.267 e. The van der Waals surface area contributed by atoms with Gasteiger partial charge in [0, 0.05) is 24.0 Å². The number of halogens is 3. The van der Waals surface area contributed by atoms with E-state index in [1.54, 1.807) is 0 Å². The van der Waals surface area contributed by atoms with Gasteiger partial charge in [-0.15, -0.1) is 0 Å². The average Bonchev–Trinajstić information content (AvgIpc) is 2.69. The van der Waals surface area contributed by atoms with Gasteiger partial charge in [0.2, 0.25) is 15.9 Å². The molecule has 1 heterocycles. The van der Waals surface area contributed by atoms with Crippen LogP contribution >= 0.6 is 11.6 Å². The average molecular weight is 458 g/mol. The fourth-order valence-corrected chi connectivity index (χ4v) is 2.61. The van der Waals surface area contributed by atoms with Crippen LogP contribution in [0.4, 0.5) is 8.78 Å². The summed E-state index contributed by atoms with van der Waals surface area (Å²) in [6.07, 6.45) is 1.47. The summed E-state index contributed by atoms with van der Waals surface area (Å²) in [5.74, 6) is -4.89. The molecule has 158 valence electrons. The minimum Gasteiger partial charge on any atom is -0.487 e. The zero-order valence-corrected chi connectivity index (χ0v) is 16.1. The van der Waals surface area contributed by atoms with Gasteiger partial charge in [0.25, 0.3) is 5.91 Å². The number of ether oxygens (including phenoxy) is 2. The van der Waals surface area contributed by atoms with E-state index in [1.807, 2.05) is 0 Å². The zero-order chi connectivity index (χ0) is 29.5. The summed E-state index contributed by atoms with van der Waals surface area (Å²) in [6, 6.07) is 1.96. The van der Waals surface area contributed by atoms with Crippen molar-refractivity contribution in [2.24, 2.45) is 0 Å². The molecule has 0 atom stereocenters. The molecule has 0 saturated heterocycles. The van der Waals surface area contributed by atoms with Crippen LogP contribution in [-0.4, -0.2) is 31.2 Å². The predicted octanol–water partition coefficient (Wildman–Crippen LogP) is 3.46. The first-order chi connectivity index (χ1) is 17.0. The van der Waals surface area contributed by atoms with Crippen molar-refractivity contribution in [3.8, 4) is 11.6 Å². The highest BCUT2D eigenvalue weighted by Gasteiger charge is 2.20. The topological polar surface area (TPSA) is 94.6 Å². The highest BCUT2D eigenvalue weighted by atomic mass is 35.5. The van der Waals surface area contributed by atoms with E-state index in [2.05, 4.69) is 4.98 Å². The van der Waals surface area contributed by atoms with E-state index in [0.29, 0.717) is 18.4 Å². The summed E-state index contributed by atoms with van der Waals surface area (Å²) in [5, 5.41) is -0.566. The third kappa shape index (κ3) is 6.82. The number of pyridine rings is 1. The van der Waals surface area contributed by atoms with Crippen molar-refractivity contribution in [3.05, 3.63) is 52.2 Å². The maximum Gasteiger partial charge on any atom is 0.267 e. The van der Waals surface area contributed by atoms with E-state index in [0.717, 1.165) is 12.3 Å². The predicted molar refractivity (Wildman–Crippen MR) is 103 cm³/mol. The molecule has 0 spiro atoms. The lowest BCUT2D eigenvalue weighted by atomic mass is 10.1. The van der Waals surface area contributed by atoms with Crippen LogP contribution in [0.3, 0.4) is 0 Å². The number of rotatable bonds is 6. The molecule has 0 radical (unpaired) electrons. The Kier molecular flexibility index (Phi) is 3.80. The first-order valence-corrected chi connectivity index (χ1v) is 9.74. The van der Waals surface area contributed by atoms with Gasteiger partial charge in [-0.05, 0) is 32.7 Å². The molecule has 0 unspecified atom stereocenters. The third-order valence-corrected chi connectivity index (χ3v) is 3.91. The Morgan fingerprint density at radius 2 is 1.97 bits per heavy atom. The van der Waals surface area contributed by atoms with Crippen molar-refractivity contribution in [1.29, 1.82) is 0 Å². The number of hydrogen-bond donors (Lipinski definition) is 1. The molecule has 1 aromatic carbocycles. The maximum atomic E-state index is 14.4. The highest BCUT2D eigenvalue weighted by Crippen LogP contribution is 2.29. The fraction of sp³-hybridized carbons (Fsp3) is 0.333. The van der Waals surface area contributed by atoms with Crippen molar-refractivity contribution in [2.75, 3.05) is 6.26 Å². The van der Waals surface area contributed by atoms with Crippen LogP contribution in [0.2, 0.25) is 5.02 Å². The number of benzene rings is 1. The number of carbonyl (C=O) groups is 1. The minimum absolute atomic E-state index is 0.233. The molecule has 1 aromatic heterocycles. The van der Waals surface area contributed by atoms with Crippen molar-refractivity contribution >= 4 is 27.5 Å². The van der Waals surface area contributed by atoms with Gasteiger partial charge in [0.1, 0.15) is 34.6 Å². The molecule has 29 heavy (non-hydrogen) atoms. The first-order valence-electron chi connectivity index (χ1n) is 12.0. The molecule has 1 amide bonds. The lowest BCUT2D eigenvalue weighted by molar-refractivity contribution is 0.0977. The normalized spacial score (nSPS) is 17.7. The number of aromatic nitrogens is 1. The van der Waals surface area contributed by atoms with Gasteiger partial charge in [-0.1, -0.05) is 11.6 Å². The van der Waals surface area contributed by atoms with Crippen LogP contribution in [0.25, 0.3) is 0 Å². The third-order valence-electron chi connectivity index (χ3n) is 3.09. The van der Waals surface area contributed by atoms with Crippen molar-refractivity contribution in [1.82, 2.24) is 9.71 Å². The van der Waals surface area contributed by atoms with Crippen LogP contribution in [0, 0.1) is 11.6 Å². The Morgan fingerprint density at radius 3 is 2.55 bits per heavy atom. The first kappa shape index (κ1) is 13.0. The lowest BCUT2D eigenvalue weighted by Crippen LogP contribution is -2.30. The number of sulfonamides is 1. The molecule has 0 bridgehead atoms.